The predicted octanol–water partition coefficient (Wildman–Crippen LogP) is 6.12. The number of benzene rings is 2. The van der Waals surface area contributed by atoms with Crippen LogP contribution < -0.4 is 5.32 Å². The lowest BCUT2D eigenvalue weighted by atomic mass is 10.1. The number of nitrogens with zero attached hydrogens (tertiary/aromatic N) is 2. The van der Waals surface area contributed by atoms with E-state index in [0.717, 1.165) is 24.5 Å². The summed E-state index contributed by atoms with van der Waals surface area (Å²) >= 11 is 5.71. The first-order chi connectivity index (χ1) is 14.9. The van der Waals surface area contributed by atoms with Gasteiger partial charge in [0.25, 0.3) is 0 Å². The second-order valence-corrected chi connectivity index (χ2v) is 7.02. The molecule has 4 nitrogen and oxygen atoms in total. The van der Waals surface area contributed by atoms with E-state index in [9.17, 15) is 35.8 Å². The molecule has 32 heavy (non-hydrogen) atoms. The maximum absolute atomic E-state index is 13.7. The van der Waals surface area contributed by atoms with Gasteiger partial charge in [-0.05, 0) is 29.8 Å². The van der Waals surface area contributed by atoms with Crippen LogP contribution in [0.1, 0.15) is 22.8 Å². The Morgan fingerprint density at radius 1 is 0.906 bits per heavy atom. The minimum Gasteiger partial charge on any atom is -0.387 e. The highest BCUT2D eigenvalue weighted by molar-refractivity contribution is 6.31. The topological polar surface area (TPSA) is 58.0 Å². The van der Waals surface area contributed by atoms with Gasteiger partial charge in [-0.1, -0.05) is 23.7 Å². The van der Waals surface area contributed by atoms with Gasteiger partial charge in [0.1, 0.15) is 18.0 Å². The molecule has 1 atom stereocenters. The Kier molecular flexibility index (Phi) is 6.61. The number of halogens is 8. The van der Waals surface area contributed by atoms with Gasteiger partial charge in [-0.2, -0.15) is 26.3 Å². The maximum Gasteiger partial charge on any atom is 0.419 e. The highest BCUT2D eigenvalue weighted by atomic mass is 35.5. The number of rotatable bonds is 5. The molecule has 0 spiro atoms. The lowest BCUT2D eigenvalue weighted by Crippen LogP contribution is -2.15. The monoisotopic (exact) mass is 479 g/mol. The molecule has 0 aliphatic carbocycles. The summed E-state index contributed by atoms with van der Waals surface area (Å²) in [5, 5.41) is 12.3. The largest absolute Gasteiger partial charge is 0.419 e. The summed E-state index contributed by atoms with van der Waals surface area (Å²) in [6, 6.07) is 6.54. The molecule has 3 rings (SSSR count). The standard InChI is InChI=1S/C20H13ClF7N3O/c21-14-5-10(1-3-12(14)19(23,24)25)16-7-18(31-9-30-16)29-8-17(32)11-2-4-13(15(22)6-11)20(26,27)28/h1-7,9,17,32H,8H2,(H,29,30,31). The van der Waals surface area contributed by atoms with Crippen molar-refractivity contribution in [2.24, 2.45) is 0 Å². The molecular weight excluding hydrogens is 467 g/mol. The minimum atomic E-state index is -4.86. The minimum absolute atomic E-state index is 0.0909. The van der Waals surface area contributed by atoms with Gasteiger partial charge in [0.15, 0.2) is 0 Å². The van der Waals surface area contributed by atoms with Crippen LogP contribution in [0.4, 0.5) is 36.6 Å². The first-order valence-corrected chi connectivity index (χ1v) is 9.22. The molecular formula is C20H13ClF7N3O. The molecule has 0 saturated carbocycles. The van der Waals surface area contributed by atoms with Crippen molar-refractivity contribution in [2.45, 2.75) is 18.5 Å². The number of alkyl halides is 6. The van der Waals surface area contributed by atoms with Crippen molar-refractivity contribution in [1.29, 1.82) is 0 Å². The van der Waals surface area contributed by atoms with Crippen LogP contribution in [0.25, 0.3) is 11.3 Å². The molecule has 0 aliphatic heterocycles. The van der Waals surface area contributed by atoms with E-state index in [2.05, 4.69) is 15.3 Å². The predicted molar refractivity (Wildman–Crippen MR) is 102 cm³/mol. The van der Waals surface area contributed by atoms with Crippen LogP contribution in [-0.2, 0) is 12.4 Å². The van der Waals surface area contributed by atoms with Crippen molar-refractivity contribution in [2.75, 3.05) is 11.9 Å². The number of aliphatic hydroxyl groups is 1. The lowest BCUT2D eigenvalue weighted by Gasteiger charge is -2.15. The van der Waals surface area contributed by atoms with Gasteiger partial charge in [-0.25, -0.2) is 14.4 Å². The molecule has 0 bridgehead atoms. The molecule has 12 heteroatoms. The summed E-state index contributed by atoms with van der Waals surface area (Å²) in [7, 11) is 0. The second kappa shape index (κ2) is 8.91. The van der Waals surface area contributed by atoms with E-state index in [0.29, 0.717) is 12.1 Å². The van der Waals surface area contributed by atoms with Crippen molar-refractivity contribution < 1.29 is 35.8 Å². The van der Waals surface area contributed by atoms with E-state index >= 15 is 0 Å². The summed E-state index contributed by atoms with van der Waals surface area (Å²) in [5.41, 5.74) is -2.03. The molecule has 0 amide bonds. The number of aliphatic hydroxyl groups excluding tert-OH is 1. The number of aromatic nitrogens is 2. The first kappa shape index (κ1) is 23.7. The third-order valence-corrected chi connectivity index (χ3v) is 4.71. The van der Waals surface area contributed by atoms with Gasteiger partial charge in [-0.15, -0.1) is 0 Å². The zero-order valence-corrected chi connectivity index (χ0v) is 16.5. The average molecular weight is 480 g/mol. The molecule has 2 N–H and O–H groups in total. The van der Waals surface area contributed by atoms with Crippen LogP contribution in [0, 0.1) is 5.82 Å². The fraction of sp³-hybridized carbons (Fsp3) is 0.200. The Bertz CT molecular complexity index is 1120. The molecule has 1 heterocycles. The van der Waals surface area contributed by atoms with Crippen LogP contribution in [-0.4, -0.2) is 21.6 Å². The molecule has 2 aromatic carbocycles. The highest BCUT2D eigenvalue weighted by Gasteiger charge is 2.34. The Morgan fingerprint density at radius 3 is 2.16 bits per heavy atom. The van der Waals surface area contributed by atoms with Crippen LogP contribution in [0.15, 0.2) is 48.8 Å². The number of hydrogen-bond donors (Lipinski definition) is 2. The number of nitrogens with one attached hydrogen (secondary N) is 1. The van der Waals surface area contributed by atoms with Crippen molar-refractivity contribution in [3.8, 4) is 11.3 Å². The van der Waals surface area contributed by atoms with Crippen molar-refractivity contribution in [3.63, 3.8) is 0 Å². The van der Waals surface area contributed by atoms with Crippen LogP contribution in [0.3, 0.4) is 0 Å². The van der Waals surface area contributed by atoms with E-state index in [1.807, 2.05) is 0 Å². The van der Waals surface area contributed by atoms with Gasteiger partial charge in [0.05, 0.1) is 27.9 Å². The molecule has 0 radical (unpaired) electrons. The second-order valence-electron chi connectivity index (χ2n) is 6.61. The Balaban J connectivity index is 1.73. The fourth-order valence-electron chi connectivity index (χ4n) is 2.80. The Hall–Kier alpha value is -2.92. The highest BCUT2D eigenvalue weighted by Crippen LogP contribution is 2.37. The Labute approximate surface area is 181 Å². The number of anilines is 1. The molecule has 1 aromatic heterocycles. The van der Waals surface area contributed by atoms with Gasteiger partial charge in [-0.3, -0.25) is 0 Å². The lowest BCUT2D eigenvalue weighted by molar-refractivity contribution is -0.140. The van der Waals surface area contributed by atoms with Crippen molar-refractivity contribution in [1.82, 2.24) is 9.97 Å². The summed E-state index contributed by atoms with van der Waals surface area (Å²) in [6.45, 7) is -0.241. The third kappa shape index (κ3) is 5.46. The van der Waals surface area contributed by atoms with Gasteiger partial charge in [0.2, 0.25) is 0 Å². The SMILES string of the molecule is OC(CNc1cc(-c2ccc(C(F)(F)F)c(Cl)c2)ncn1)c1ccc(C(F)(F)F)c(F)c1. The Morgan fingerprint density at radius 2 is 1.56 bits per heavy atom. The molecule has 0 saturated heterocycles. The molecule has 0 fully saturated rings. The van der Waals surface area contributed by atoms with Crippen molar-refractivity contribution in [3.05, 3.63) is 76.3 Å². The molecule has 1 unspecified atom stereocenters. The van der Waals surface area contributed by atoms with E-state index in [-0.39, 0.29) is 29.2 Å². The normalized spacial score (nSPS) is 13.2. The van der Waals surface area contributed by atoms with E-state index in [1.165, 1.54) is 12.1 Å². The zero-order valence-electron chi connectivity index (χ0n) is 15.8. The van der Waals surface area contributed by atoms with Gasteiger partial charge >= 0.3 is 12.4 Å². The quantitative estimate of drug-likeness (QED) is 0.433. The van der Waals surface area contributed by atoms with E-state index in [1.54, 1.807) is 0 Å². The van der Waals surface area contributed by atoms with E-state index < -0.39 is 40.4 Å². The molecule has 170 valence electrons. The van der Waals surface area contributed by atoms with Crippen LogP contribution in [0.2, 0.25) is 5.02 Å². The van der Waals surface area contributed by atoms with Crippen LogP contribution >= 0.6 is 11.6 Å². The fourth-order valence-corrected chi connectivity index (χ4v) is 3.09. The van der Waals surface area contributed by atoms with Gasteiger partial charge < -0.3 is 10.4 Å². The van der Waals surface area contributed by atoms with Gasteiger partial charge in [0, 0.05) is 18.2 Å². The molecule has 3 aromatic rings. The van der Waals surface area contributed by atoms with E-state index in [4.69, 9.17) is 11.6 Å². The number of hydrogen-bond acceptors (Lipinski definition) is 4. The third-order valence-electron chi connectivity index (χ3n) is 4.40. The maximum atomic E-state index is 13.7. The molecule has 0 aliphatic rings. The average Bonchev–Trinajstić information content (AvgIpc) is 2.70. The smallest absolute Gasteiger partial charge is 0.387 e. The van der Waals surface area contributed by atoms with Crippen LogP contribution in [0.5, 0.6) is 0 Å². The zero-order chi connectivity index (χ0) is 23.7. The summed E-state index contributed by atoms with van der Waals surface area (Å²) in [4.78, 5) is 7.87. The summed E-state index contributed by atoms with van der Waals surface area (Å²) < 4.78 is 90.2. The summed E-state index contributed by atoms with van der Waals surface area (Å²) in [5.74, 6) is -1.35. The summed E-state index contributed by atoms with van der Waals surface area (Å²) in [6.07, 6.45) is -9.72. The first-order valence-electron chi connectivity index (χ1n) is 8.84. The van der Waals surface area contributed by atoms with Crippen molar-refractivity contribution >= 4 is 17.4 Å².